The van der Waals surface area contributed by atoms with Crippen LogP contribution in [-0.2, 0) is 11.3 Å². The van der Waals surface area contributed by atoms with E-state index in [9.17, 15) is 14.4 Å². The van der Waals surface area contributed by atoms with Crippen molar-refractivity contribution in [3.05, 3.63) is 69.6 Å². The van der Waals surface area contributed by atoms with Crippen LogP contribution < -0.4 is 10.9 Å². The number of aryl methyl sites for hydroxylation is 1. The van der Waals surface area contributed by atoms with Gasteiger partial charge in [-0.1, -0.05) is 43.7 Å². The number of likely N-dealkylation sites (tertiary alicyclic amines) is 1. The van der Waals surface area contributed by atoms with Crippen LogP contribution in [0, 0.1) is 18.3 Å². The van der Waals surface area contributed by atoms with Crippen LogP contribution in [0.1, 0.15) is 48.2 Å². The number of pyridine rings is 1. The number of nitrogens with one attached hydrogen (secondary N) is 1. The highest BCUT2D eigenvalue weighted by Crippen LogP contribution is 2.20. The third-order valence-electron chi connectivity index (χ3n) is 6.32. The molecule has 1 N–H and O–H groups in total. The molecule has 1 fully saturated rings. The molecule has 0 aliphatic carbocycles. The molecule has 2 aromatic rings. The van der Waals surface area contributed by atoms with E-state index >= 15 is 0 Å². The molecular formula is C27H38N4O3. The number of piperidine rings is 1. The fourth-order valence-electron chi connectivity index (χ4n) is 4.73. The van der Waals surface area contributed by atoms with E-state index in [0.29, 0.717) is 39.0 Å². The summed E-state index contributed by atoms with van der Waals surface area (Å²) >= 11 is 0. The molecule has 0 atom stereocenters. The van der Waals surface area contributed by atoms with E-state index in [2.05, 4.69) is 24.1 Å². The Morgan fingerprint density at radius 3 is 2.47 bits per heavy atom. The minimum Gasteiger partial charge on any atom is -0.355 e. The first-order chi connectivity index (χ1) is 16.1. The van der Waals surface area contributed by atoms with E-state index < -0.39 is 0 Å². The monoisotopic (exact) mass is 466 g/mol. The number of rotatable bonds is 8. The van der Waals surface area contributed by atoms with E-state index in [1.54, 1.807) is 27.8 Å². The first kappa shape index (κ1) is 25.7. The van der Waals surface area contributed by atoms with Gasteiger partial charge in [-0.15, -0.1) is 0 Å². The fraction of sp³-hybridized carbons (Fsp3) is 0.519. The van der Waals surface area contributed by atoms with Crippen molar-refractivity contribution in [1.82, 2.24) is 19.7 Å². The van der Waals surface area contributed by atoms with E-state index in [4.69, 9.17) is 0 Å². The van der Waals surface area contributed by atoms with Crippen molar-refractivity contribution in [3.8, 4) is 0 Å². The maximum Gasteiger partial charge on any atom is 0.263 e. The fourth-order valence-corrected chi connectivity index (χ4v) is 4.73. The molecule has 184 valence electrons. The highest BCUT2D eigenvalue weighted by molar-refractivity contribution is 5.94. The number of carbonyl (C=O) groups excluding carboxylic acids is 2. The van der Waals surface area contributed by atoms with Crippen molar-refractivity contribution in [2.45, 2.75) is 40.2 Å². The summed E-state index contributed by atoms with van der Waals surface area (Å²) in [6.07, 6.45) is 2.93. The normalized spacial score (nSPS) is 14.9. The summed E-state index contributed by atoms with van der Waals surface area (Å²) in [5, 5.41) is 3.10. The van der Waals surface area contributed by atoms with E-state index in [1.165, 1.54) is 0 Å². The Morgan fingerprint density at radius 2 is 1.82 bits per heavy atom. The smallest absolute Gasteiger partial charge is 0.263 e. The van der Waals surface area contributed by atoms with Gasteiger partial charge in [0.15, 0.2) is 0 Å². The number of hydrogen-bond donors (Lipinski definition) is 1. The van der Waals surface area contributed by atoms with Gasteiger partial charge >= 0.3 is 0 Å². The van der Waals surface area contributed by atoms with Gasteiger partial charge in [-0.3, -0.25) is 14.4 Å². The lowest BCUT2D eigenvalue weighted by molar-refractivity contribution is -0.126. The van der Waals surface area contributed by atoms with Gasteiger partial charge < -0.3 is 19.7 Å². The summed E-state index contributed by atoms with van der Waals surface area (Å²) in [6, 6.07) is 11.3. The SMILES string of the molecule is Cc1cccc(Cn2cccc(C(=O)N3CCC(C(=O)NCC(C)(C)CN(C)C)CC3)c2=O)c1. The molecule has 0 radical (unpaired) electrons. The van der Waals surface area contributed by atoms with Crippen molar-refractivity contribution in [2.75, 3.05) is 40.3 Å². The predicted molar refractivity (Wildman–Crippen MR) is 135 cm³/mol. The minimum atomic E-state index is -0.281. The zero-order valence-electron chi connectivity index (χ0n) is 21.1. The van der Waals surface area contributed by atoms with Gasteiger partial charge in [0, 0.05) is 38.3 Å². The van der Waals surface area contributed by atoms with Crippen LogP contribution in [0.5, 0.6) is 0 Å². The Hall–Kier alpha value is -2.93. The molecule has 7 heteroatoms. The molecule has 1 aliphatic heterocycles. The number of hydrogen-bond acceptors (Lipinski definition) is 4. The largest absolute Gasteiger partial charge is 0.355 e. The van der Waals surface area contributed by atoms with Crippen LogP contribution in [0.15, 0.2) is 47.4 Å². The maximum absolute atomic E-state index is 13.1. The average Bonchev–Trinajstić information content (AvgIpc) is 2.78. The Morgan fingerprint density at radius 1 is 1.12 bits per heavy atom. The van der Waals surface area contributed by atoms with Crippen molar-refractivity contribution < 1.29 is 9.59 Å². The number of nitrogens with zero attached hydrogens (tertiary/aromatic N) is 3. The van der Waals surface area contributed by atoms with Gasteiger partial charge in [0.2, 0.25) is 5.91 Å². The lowest BCUT2D eigenvalue weighted by Crippen LogP contribution is -2.46. The molecule has 1 aliphatic rings. The third kappa shape index (κ3) is 6.79. The van der Waals surface area contributed by atoms with Crippen molar-refractivity contribution in [2.24, 2.45) is 11.3 Å². The van der Waals surface area contributed by atoms with Gasteiger partial charge in [-0.05, 0) is 57.0 Å². The van der Waals surface area contributed by atoms with Gasteiger partial charge in [0.05, 0.1) is 6.54 Å². The molecule has 1 saturated heterocycles. The van der Waals surface area contributed by atoms with E-state index in [1.807, 2.05) is 45.3 Å². The highest BCUT2D eigenvalue weighted by Gasteiger charge is 2.30. The lowest BCUT2D eigenvalue weighted by Gasteiger charge is -2.33. The quantitative estimate of drug-likeness (QED) is 0.649. The number of aromatic nitrogens is 1. The second kappa shape index (κ2) is 11.0. The number of amides is 2. The average molecular weight is 467 g/mol. The molecule has 1 aromatic carbocycles. The van der Waals surface area contributed by atoms with Crippen LogP contribution in [0.3, 0.4) is 0 Å². The maximum atomic E-state index is 13.1. The molecule has 0 spiro atoms. The first-order valence-electron chi connectivity index (χ1n) is 12.0. The first-order valence-corrected chi connectivity index (χ1v) is 12.0. The van der Waals surface area contributed by atoms with Gasteiger partial charge in [0.1, 0.15) is 5.56 Å². The Bertz CT molecular complexity index is 1070. The second-order valence-corrected chi connectivity index (χ2v) is 10.5. The molecule has 0 saturated carbocycles. The molecule has 3 rings (SSSR count). The van der Waals surface area contributed by atoms with Crippen molar-refractivity contribution in [3.63, 3.8) is 0 Å². The summed E-state index contributed by atoms with van der Waals surface area (Å²) in [4.78, 5) is 42.7. The molecule has 7 nitrogen and oxygen atoms in total. The highest BCUT2D eigenvalue weighted by atomic mass is 16.2. The molecule has 0 bridgehead atoms. The standard InChI is InChI=1S/C27H38N4O3/c1-20-8-6-9-21(16-20)17-31-13-7-10-23(26(31)34)25(33)30-14-11-22(12-15-30)24(32)28-18-27(2,3)19-29(4)5/h6-10,13,16,22H,11-12,14-15,17-19H2,1-5H3,(H,28,32). The van der Waals surface area contributed by atoms with Crippen LogP contribution in [0.4, 0.5) is 0 Å². The third-order valence-corrected chi connectivity index (χ3v) is 6.32. The predicted octanol–water partition coefficient (Wildman–Crippen LogP) is 2.76. The Kier molecular flexibility index (Phi) is 8.31. The van der Waals surface area contributed by atoms with Gasteiger partial charge in [-0.25, -0.2) is 0 Å². The summed E-state index contributed by atoms with van der Waals surface area (Å²) in [6.45, 7) is 9.18. The molecule has 2 heterocycles. The topological polar surface area (TPSA) is 74.7 Å². The summed E-state index contributed by atoms with van der Waals surface area (Å²) in [7, 11) is 4.06. The van der Waals surface area contributed by atoms with E-state index in [0.717, 1.165) is 17.7 Å². The zero-order chi connectivity index (χ0) is 24.9. The minimum absolute atomic E-state index is 0.0124. The van der Waals surface area contributed by atoms with Crippen LogP contribution in [0.2, 0.25) is 0 Å². The van der Waals surface area contributed by atoms with Crippen LogP contribution in [0.25, 0.3) is 0 Å². The number of benzene rings is 1. The molecule has 34 heavy (non-hydrogen) atoms. The number of carbonyl (C=O) groups is 2. The lowest BCUT2D eigenvalue weighted by atomic mass is 9.91. The van der Waals surface area contributed by atoms with E-state index in [-0.39, 0.29) is 34.3 Å². The summed E-state index contributed by atoms with van der Waals surface area (Å²) in [5.41, 5.74) is 2.04. The Labute approximate surface area is 202 Å². The van der Waals surface area contributed by atoms with Crippen LogP contribution in [-0.4, -0.2) is 66.5 Å². The summed E-state index contributed by atoms with van der Waals surface area (Å²) < 4.78 is 1.58. The van der Waals surface area contributed by atoms with Gasteiger partial charge in [0.25, 0.3) is 11.5 Å². The second-order valence-electron chi connectivity index (χ2n) is 10.5. The molecule has 1 aromatic heterocycles. The van der Waals surface area contributed by atoms with Crippen molar-refractivity contribution in [1.29, 1.82) is 0 Å². The molecule has 2 amide bonds. The molecular weight excluding hydrogens is 428 g/mol. The summed E-state index contributed by atoms with van der Waals surface area (Å²) in [5.74, 6) is -0.304. The Balaban J connectivity index is 1.58. The molecule has 0 unspecified atom stereocenters. The van der Waals surface area contributed by atoms with Gasteiger partial charge in [-0.2, -0.15) is 0 Å². The van der Waals surface area contributed by atoms with Crippen molar-refractivity contribution >= 4 is 11.8 Å². The zero-order valence-corrected chi connectivity index (χ0v) is 21.1. The van der Waals surface area contributed by atoms with Crippen LogP contribution >= 0.6 is 0 Å².